The lowest BCUT2D eigenvalue weighted by molar-refractivity contribution is 0.294. The van der Waals surface area contributed by atoms with Crippen molar-refractivity contribution in [1.29, 1.82) is 0 Å². The first kappa shape index (κ1) is 9.72. The van der Waals surface area contributed by atoms with Gasteiger partial charge in [0.15, 0.2) is 0 Å². The van der Waals surface area contributed by atoms with Crippen LogP contribution in [0, 0.1) is 5.41 Å². The molecule has 1 nitrogen and oxygen atoms in total. The smallest absolute Gasteiger partial charge is 0.0302 e. The topological polar surface area (TPSA) is 26.0 Å². The van der Waals surface area contributed by atoms with Crippen LogP contribution in [0.4, 0.5) is 0 Å². The van der Waals surface area contributed by atoms with Crippen LogP contribution in [0.5, 0.6) is 0 Å². The monoisotopic (exact) mass is 189 g/mol. The molecule has 0 saturated carbocycles. The second kappa shape index (κ2) is 3.39. The fourth-order valence-corrected chi connectivity index (χ4v) is 2.40. The molecule has 1 aliphatic rings. The number of hydrogen-bond acceptors (Lipinski definition) is 1. The minimum atomic E-state index is 0.226. The number of benzene rings is 1. The van der Waals surface area contributed by atoms with Crippen molar-refractivity contribution in [3.8, 4) is 0 Å². The minimum Gasteiger partial charge on any atom is -0.324 e. The van der Waals surface area contributed by atoms with Gasteiger partial charge in [0, 0.05) is 6.04 Å². The zero-order valence-electron chi connectivity index (χ0n) is 9.09. The van der Waals surface area contributed by atoms with E-state index in [0.29, 0.717) is 5.41 Å². The van der Waals surface area contributed by atoms with Gasteiger partial charge in [-0.05, 0) is 35.8 Å². The van der Waals surface area contributed by atoms with Crippen LogP contribution < -0.4 is 5.73 Å². The summed E-state index contributed by atoms with van der Waals surface area (Å²) in [5.74, 6) is 0. The van der Waals surface area contributed by atoms with Crippen LogP contribution in [0.25, 0.3) is 0 Å². The van der Waals surface area contributed by atoms with Crippen LogP contribution in [-0.4, -0.2) is 0 Å². The van der Waals surface area contributed by atoms with E-state index in [4.69, 9.17) is 5.73 Å². The number of fused-ring (bicyclic) bond motifs is 1. The third-order valence-electron chi connectivity index (χ3n) is 3.30. The number of hydrogen-bond donors (Lipinski definition) is 1. The van der Waals surface area contributed by atoms with Crippen molar-refractivity contribution in [3.63, 3.8) is 0 Å². The highest BCUT2D eigenvalue weighted by Gasteiger charge is 2.26. The summed E-state index contributed by atoms with van der Waals surface area (Å²) >= 11 is 0. The highest BCUT2D eigenvalue weighted by Crippen LogP contribution is 2.37. The van der Waals surface area contributed by atoms with Crippen LogP contribution in [0.15, 0.2) is 24.3 Å². The Labute approximate surface area is 86.3 Å². The molecule has 0 heterocycles. The summed E-state index contributed by atoms with van der Waals surface area (Å²) in [4.78, 5) is 0. The first-order chi connectivity index (χ1) is 6.58. The lowest BCUT2D eigenvalue weighted by Crippen LogP contribution is -2.19. The van der Waals surface area contributed by atoms with Crippen LogP contribution in [0.2, 0.25) is 0 Å². The molecule has 0 unspecified atom stereocenters. The van der Waals surface area contributed by atoms with E-state index in [0.717, 1.165) is 6.42 Å². The van der Waals surface area contributed by atoms with Crippen molar-refractivity contribution in [2.75, 3.05) is 0 Å². The molecule has 14 heavy (non-hydrogen) atoms. The molecule has 1 aromatic rings. The molecule has 0 bridgehead atoms. The van der Waals surface area contributed by atoms with Gasteiger partial charge >= 0.3 is 0 Å². The average Bonchev–Trinajstić information content (AvgIpc) is 2.24. The Morgan fingerprint density at radius 3 is 2.79 bits per heavy atom. The van der Waals surface area contributed by atoms with Gasteiger partial charge in [-0.1, -0.05) is 38.1 Å². The second-order valence-corrected chi connectivity index (χ2v) is 5.17. The van der Waals surface area contributed by atoms with E-state index < -0.39 is 0 Å². The van der Waals surface area contributed by atoms with Crippen molar-refractivity contribution in [2.45, 2.75) is 39.2 Å². The number of aryl methyl sites for hydroxylation is 1. The van der Waals surface area contributed by atoms with Crippen LogP contribution >= 0.6 is 0 Å². The van der Waals surface area contributed by atoms with E-state index >= 15 is 0 Å². The van der Waals surface area contributed by atoms with Crippen molar-refractivity contribution in [2.24, 2.45) is 11.1 Å². The Bertz CT molecular complexity index is 328. The van der Waals surface area contributed by atoms with Gasteiger partial charge in [0.25, 0.3) is 0 Å². The van der Waals surface area contributed by atoms with Gasteiger partial charge in [-0.2, -0.15) is 0 Å². The number of rotatable bonds is 0. The maximum Gasteiger partial charge on any atom is 0.0302 e. The standard InChI is InChI=1S/C13H19N/c1-13(2)8-7-10-5-3-4-6-11(10)12(14)9-13/h3-6,12H,7-9,14H2,1-2H3/t12-/m1/s1. The predicted octanol–water partition coefficient (Wildman–Crippen LogP) is 3.05. The van der Waals surface area contributed by atoms with Crippen molar-refractivity contribution >= 4 is 0 Å². The minimum absolute atomic E-state index is 0.226. The molecule has 2 N–H and O–H groups in total. The van der Waals surface area contributed by atoms with Gasteiger partial charge in [-0.25, -0.2) is 0 Å². The summed E-state index contributed by atoms with van der Waals surface area (Å²) in [6.45, 7) is 4.64. The molecule has 1 aromatic carbocycles. The second-order valence-electron chi connectivity index (χ2n) is 5.17. The van der Waals surface area contributed by atoms with E-state index in [9.17, 15) is 0 Å². The van der Waals surface area contributed by atoms with Crippen LogP contribution in [0.1, 0.15) is 43.9 Å². The molecule has 1 aliphatic carbocycles. The van der Waals surface area contributed by atoms with Crippen LogP contribution in [0.3, 0.4) is 0 Å². The Hall–Kier alpha value is -0.820. The zero-order valence-corrected chi connectivity index (χ0v) is 9.09. The zero-order chi connectivity index (χ0) is 10.2. The quantitative estimate of drug-likeness (QED) is 0.624. The molecular weight excluding hydrogens is 170 g/mol. The van der Waals surface area contributed by atoms with E-state index in [2.05, 4.69) is 38.1 Å². The molecule has 0 amide bonds. The van der Waals surface area contributed by atoms with Crippen molar-refractivity contribution in [3.05, 3.63) is 35.4 Å². The third kappa shape index (κ3) is 1.83. The summed E-state index contributed by atoms with van der Waals surface area (Å²) in [5, 5.41) is 0. The van der Waals surface area contributed by atoms with E-state index in [1.165, 1.54) is 24.0 Å². The maximum absolute atomic E-state index is 6.22. The molecule has 1 heteroatoms. The fourth-order valence-electron chi connectivity index (χ4n) is 2.40. The van der Waals surface area contributed by atoms with Gasteiger partial charge in [-0.3, -0.25) is 0 Å². The molecule has 0 fully saturated rings. The van der Waals surface area contributed by atoms with Gasteiger partial charge in [-0.15, -0.1) is 0 Å². The van der Waals surface area contributed by atoms with E-state index in [1.807, 2.05) is 0 Å². The molecule has 76 valence electrons. The molecule has 1 atom stereocenters. The Morgan fingerprint density at radius 1 is 1.29 bits per heavy atom. The predicted molar refractivity (Wildman–Crippen MR) is 60.1 cm³/mol. The molecule has 2 rings (SSSR count). The molecule has 0 spiro atoms. The summed E-state index contributed by atoms with van der Waals surface area (Å²) in [6.07, 6.45) is 3.53. The van der Waals surface area contributed by atoms with Crippen molar-refractivity contribution in [1.82, 2.24) is 0 Å². The molecule has 0 aromatic heterocycles. The van der Waals surface area contributed by atoms with Gasteiger partial charge in [0.05, 0.1) is 0 Å². The van der Waals surface area contributed by atoms with Crippen LogP contribution in [-0.2, 0) is 6.42 Å². The van der Waals surface area contributed by atoms with Crippen molar-refractivity contribution < 1.29 is 0 Å². The lowest BCUT2D eigenvalue weighted by atomic mass is 9.83. The first-order valence-electron chi connectivity index (χ1n) is 5.42. The first-order valence-corrected chi connectivity index (χ1v) is 5.42. The van der Waals surface area contributed by atoms with Gasteiger partial charge in [0.1, 0.15) is 0 Å². The van der Waals surface area contributed by atoms with E-state index in [-0.39, 0.29) is 6.04 Å². The summed E-state index contributed by atoms with van der Waals surface area (Å²) in [6, 6.07) is 8.84. The molecule has 0 saturated heterocycles. The van der Waals surface area contributed by atoms with Gasteiger partial charge < -0.3 is 5.73 Å². The Kier molecular flexibility index (Phi) is 2.36. The Morgan fingerprint density at radius 2 is 2.00 bits per heavy atom. The molecular formula is C13H19N. The van der Waals surface area contributed by atoms with E-state index in [1.54, 1.807) is 0 Å². The number of nitrogens with two attached hydrogens (primary N) is 1. The van der Waals surface area contributed by atoms with Gasteiger partial charge in [0.2, 0.25) is 0 Å². The third-order valence-corrected chi connectivity index (χ3v) is 3.30. The summed E-state index contributed by atoms with van der Waals surface area (Å²) < 4.78 is 0. The molecule has 0 aliphatic heterocycles. The maximum atomic E-state index is 6.22. The largest absolute Gasteiger partial charge is 0.324 e. The SMILES string of the molecule is CC1(C)CCc2ccccc2[C@H](N)C1. The molecule has 0 radical (unpaired) electrons. The summed E-state index contributed by atoms with van der Waals surface area (Å²) in [7, 11) is 0. The fraction of sp³-hybridized carbons (Fsp3) is 0.538. The normalized spacial score (nSPS) is 25.2. The highest BCUT2D eigenvalue weighted by atomic mass is 14.6. The average molecular weight is 189 g/mol. The summed E-state index contributed by atoms with van der Waals surface area (Å²) in [5.41, 5.74) is 9.42. The Balaban J connectivity index is 2.36. The highest BCUT2D eigenvalue weighted by molar-refractivity contribution is 5.31. The lowest BCUT2D eigenvalue weighted by Gasteiger charge is -2.24.